The molecule has 1 aromatic carbocycles. The lowest BCUT2D eigenvalue weighted by atomic mass is 10.2. The molecule has 116 valence electrons. The quantitative estimate of drug-likeness (QED) is 0.682. The van der Waals surface area contributed by atoms with Crippen LogP contribution in [-0.2, 0) is 4.79 Å². The molecule has 0 saturated heterocycles. The van der Waals surface area contributed by atoms with E-state index >= 15 is 0 Å². The van der Waals surface area contributed by atoms with E-state index in [0.717, 1.165) is 18.5 Å². The topological polar surface area (TPSA) is 89.9 Å². The van der Waals surface area contributed by atoms with E-state index in [0.29, 0.717) is 6.54 Å². The van der Waals surface area contributed by atoms with Gasteiger partial charge in [0, 0.05) is 25.3 Å². The van der Waals surface area contributed by atoms with Crippen LogP contribution in [-0.4, -0.2) is 41.4 Å². The number of benzene rings is 1. The van der Waals surface area contributed by atoms with E-state index in [1.807, 2.05) is 25.1 Å². The molecule has 0 spiro atoms. The molecular weight excluding hydrogens is 272 g/mol. The summed E-state index contributed by atoms with van der Waals surface area (Å²) in [7, 11) is 0. The third kappa shape index (κ3) is 5.43. The van der Waals surface area contributed by atoms with Gasteiger partial charge in [-0.2, -0.15) is 0 Å². The first kappa shape index (κ1) is 17.0. The van der Waals surface area contributed by atoms with Crippen LogP contribution < -0.4 is 10.2 Å². The predicted molar refractivity (Wildman–Crippen MR) is 80.4 cm³/mol. The lowest BCUT2D eigenvalue weighted by molar-refractivity contribution is -0.139. The van der Waals surface area contributed by atoms with Crippen LogP contribution >= 0.6 is 0 Å². The molecule has 1 atom stereocenters. The van der Waals surface area contributed by atoms with Gasteiger partial charge >= 0.3 is 12.0 Å². The highest BCUT2D eigenvalue weighted by Gasteiger charge is 2.23. The zero-order chi connectivity index (χ0) is 15.7. The highest BCUT2D eigenvalue weighted by atomic mass is 16.4. The lowest BCUT2D eigenvalue weighted by Gasteiger charge is -2.25. The summed E-state index contributed by atoms with van der Waals surface area (Å²) in [5, 5.41) is 20.4. The summed E-state index contributed by atoms with van der Waals surface area (Å²) in [6.07, 6.45) is 1.73. The summed E-state index contributed by atoms with van der Waals surface area (Å²) in [5.74, 6) is -1.15. The summed E-state index contributed by atoms with van der Waals surface area (Å²) in [6, 6.07) is 7.55. The molecule has 1 aromatic rings. The molecule has 0 radical (unpaired) electrons. The lowest BCUT2D eigenvalue weighted by Crippen LogP contribution is -2.48. The second-order valence-electron chi connectivity index (χ2n) is 4.69. The number of carboxylic acids is 1. The van der Waals surface area contributed by atoms with E-state index in [4.69, 9.17) is 10.2 Å². The molecule has 0 aliphatic carbocycles. The number of carbonyl (C=O) groups excluding carboxylic acids is 1. The Kier molecular flexibility index (Phi) is 7.25. The van der Waals surface area contributed by atoms with Crippen molar-refractivity contribution < 1.29 is 19.8 Å². The highest BCUT2D eigenvalue weighted by Crippen LogP contribution is 2.14. The molecule has 0 aliphatic heterocycles. The summed E-state index contributed by atoms with van der Waals surface area (Å²) in [4.78, 5) is 24.9. The number of urea groups is 1. The largest absolute Gasteiger partial charge is 0.480 e. The smallest absolute Gasteiger partial charge is 0.326 e. The van der Waals surface area contributed by atoms with Crippen LogP contribution in [0.4, 0.5) is 10.5 Å². The number of anilines is 1. The summed E-state index contributed by atoms with van der Waals surface area (Å²) in [5.41, 5.74) is 0.719. The minimum Gasteiger partial charge on any atom is -0.480 e. The van der Waals surface area contributed by atoms with Crippen molar-refractivity contribution in [3.63, 3.8) is 0 Å². The van der Waals surface area contributed by atoms with Gasteiger partial charge in [-0.25, -0.2) is 9.59 Å². The maximum absolute atomic E-state index is 12.3. The number of hydrogen-bond donors (Lipinski definition) is 3. The van der Waals surface area contributed by atoms with Crippen LogP contribution in [0, 0.1) is 0 Å². The summed E-state index contributed by atoms with van der Waals surface area (Å²) in [6.45, 7) is 2.24. The minimum absolute atomic E-state index is 0.0164. The molecular formula is C15H22N2O4. The van der Waals surface area contributed by atoms with Crippen molar-refractivity contribution in [3.8, 4) is 0 Å². The van der Waals surface area contributed by atoms with Gasteiger partial charge in [-0.3, -0.25) is 4.90 Å². The molecule has 0 heterocycles. The molecule has 0 bridgehead atoms. The van der Waals surface area contributed by atoms with Gasteiger partial charge < -0.3 is 15.5 Å². The molecule has 0 saturated carbocycles. The van der Waals surface area contributed by atoms with Crippen LogP contribution in [0.25, 0.3) is 0 Å². The van der Waals surface area contributed by atoms with Crippen molar-refractivity contribution in [2.75, 3.05) is 18.1 Å². The maximum Gasteiger partial charge on any atom is 0.326 e. The van der Waals surface area contributed by atoms with E-state index in [-0.39, 0.29) is 13.0 Å². The van der Waals surface area contributed by atoms with Gasteiger partial charge in [0.05, 0.1) is 0 Å². The average molecular weight is 294 g/mol. The standard InChI is InChI=1S/C15H22N2O4/c1-2-3-10-17(12-7-5-4-6-8-12)15(21)16-13(9-11-18)14(19)20/h4-8,13,18H,2-3,9-11H2,1H3,(H,16,21)(H,19,20). The SMILES string of the molecule is CCCCN(C(=O)NC(CCO)C(=O)O)c1ccccc1. The fourth-order valence-electron chi connectivity index (χ4n) is 1.89. The Bertz CT molecular complexity index is 450. The second kappa shape index (κ2) is 8.97. The van der Waals surface area contributed by atoms with Crippen LogP contribution in [0.5, 0.6) is 0 Å². The van der Waals surface area contributed by atoms with E-state index in [1.54, 1.807) is 12.1 Å². The van der Waals surface area contributed by atoms with Crippen molar-refractivity contribution in [2.24, 2.45) is 0 Å². The fraction of sp³-hybridized carbons (Fsp3) is 0.467. The van der Waals surface area contributed by atoms with Crippen molar-refractivity contribution in [1.29, 1.82) is 0 Å². The molecule has 0 fully saturated rings. The molecule has 1 rings (SSSR count). The van der Waals surface area contributed by atoms with Gasteiger partial charge in [-0.05, 0) is 18.6 Å². The molecule has 6 nitrogen and oxygen atoms in total. The van der Waals surface area contributed by atoms with Crippen molar-refractivity contribution in [2.45, 2.75) is 32.2 Å². The Balaban J connectivity index is 2.82. The van der Waals surface area contributed by atoms with Crippen molar-refractivity contribution in [1.82, 2.24) is 5.32 Å². The maximum atomic E-state index is 12.3. The Morgan fingerprint density at radius 3 is 2.48 bits per heavy atom. The fourth-order valence-corrected chi connectivity index (χ4v) is 1.89. The van der Waals surface area contributed by atoms with Crippen LogP contribution in [0.2, 0.25) is 0 Å². The highest BCUT2D eigenvalue weighted by molar-refractivity contribution is 5.94. The predicted octanol–water partition coefficient (Wildman–Crippen LogP) is 1.84. The summed E-state index contributed by atoms with van der Waals surface area (Å²) >= 11 is 0. The van der Waals surface area contributed by atoms with Crippen LogP contribution in [0.15, 0.2) is 30.3 Å². The first-order chi connectivity index (χ1) is 10.1. The molecule has 1 unspecified atom stereocenters. The van der Waals surface area contributed by atoms with Gasteiger partial charge in [0.15, 0.2) is 0 Å². The first-order valence-corrected chi connectivity index (χ1v) is 7.06. The van der Waals surface area contributed by atoms with Crippen molar-refractivity contribution >= 4 is 17.7 Å². The molecule has 0 aliphatic rings. The average Bonchev–Trinajstić information content (AvgIpc) is 2.48. The van der Waals surface area contributed by atoms with Gasteiger partial charge in [0.2, 0.25) is 0 Å². The number of aliphatic hydroxyl groups is 1. The number of unbranched alkanes of at least 4 members (excludes halogenated alkanes) is 1. The number of amides is 2. The molecule has 21 heavy (non-hydrogen) atoms. The first-order valence-electron chi connectivity index (χ1n) is 7.06. The molecule has 0 aromatic heterocycles. The monoisotopic (exact) mass is 294 g/mol. The number of nitrogens with one attached hydrogen (secondary N) is 1. The Morgan fingerprint density at radius 2 is 1.95 bits per heavy atom. The Labute approximate surface area is 124 Å². The summed E-state index contributed by atoms with van der Waals surface area (Å²) < 4.78 is 0. The third-order valence-corrected chi connectivity index (χ3v) is 3.06. The van der Waals surface area contributed by atoms with Gasteiger partial charge in [0.1, 0.15) is 6.04 Å². The zero-order valence-electron chi connectivity index (χ0n) is 12.2. The van der Waals surface area contributed by atoms with E-state index in [1.165, 1.54) is 4.90 Å². The van der Waals surface area contributed by atoms with Crippen molar-refractivity contribution in [3.05, 3.63) is 30.3 Å². The van der Waals surface area contributed by atoms with E-state index < -0.39 is 18.0 Å². The number of aliphatic carboxylic acids is 1. The Hall–Kier alpha value is -2.08. The zero-order valence-corrected chi connectivity index (χ0v) is 12.2. The number of carbonyl (C=O) groups is 2. The van der Waals surface area contributed by atoms with Crippen LogP contribution in [0.3, 0.4) is 0 Å². The van der Waals surface area contributed by atoms with Gasteiger partial charge in [0.25, 0.3) is 0 Å². The van der Waals surface area contributed by atoms with E-state index in [9.17, 15) is 9.59 Å². The molecule has 2 amide bonds. The normalized spacial score (nSPS) is 11.7. The number of rotatable bonds is 8. The third-order valence-electron chi connectivity index (χ3n) is 3.06. The number of nitrogens with zero attached hydrogens (tertiary/aromatic N) is 1. The molecule has 3 N–H and O–H groups in total. The second-order valence-corrected chi connectivity index (χ2v) is 4.69. The van der Waals surface area contributed by atoms with Gasteiger partial charge in [-0.1, -0.05) is 31.5 Å². The Morgan fingerprint density at radius 1 is 1.29 bits per heavy atom. The van der Waals surface area contributed by atoms with Gasteiger partial charge in [-0.15, -0.1) is 0 Å². The van der Waals surface area contributed by atoms with Crippen LogP contribution in [0.1, 0.15) is 26.2 Å². The minimum atomic E-state index is -1.15. The number of carboxylic acid groups (broad SMARTS) is 1. The number of hydrogen-bond acceptors (Lipinski definition) is 3. The number of para-hydroxylation sites is 1. The molecule has 6 heteroatoms. The number of aliphatic hydroxyl groups excluding tert-OH is 1. The van der Waals surface area contributed by atoms with E-state index in [2.05, 4.69) is 5.32 Å².